The number of ether oxygens (including phenoxy) is 1. The Kier molecular flexibility index (Phi) is 3.90. The zero-order valence-corrected chi connectivity index (χ0v) is 14.1. The Hall–Kier alpha value is -2.46. The van der Waals surface area contributed by atoms with Crippen molar-refractivity contribution in [2.45, 2.75) is 13.8 Å². The van der Waals surface area contributed by atoms with Crippen molar-refractivity contribution in [2.24, 2.45) is 0 Å². The van der Waals surface area contributed by atoms with Crippen molar-refractivity contribution in [2.75, 3.05) is 31.2 Å². The van der Waals surface area contributed by atoms with E-state index < -0.39 is 0 Å². The van der Waals surface area contributed by atoms with Crippen molar-refractivity contribution in [3.05, 3.63) is 53.7 Å². The number of aryl methyl sites for hydroxylation is 2. The molecular formula is C20H21N3O. The standard InChI is InChI=1S/C20H21N3O/c1-14-3-4-15(2)17(11-14)16-5-6-18-19(12-16)22-20(13-21-18)23-7-9-24-10-8-23/h3-6,11-13H,7-10H2,1-2H3. The lowest BCUT2D eigenvalue weighted by Crippen LogP contribution is -2.36. The van der Waals surface area contributed by atoms with Crippen LogP contribution in [0, 0.1) is 13.8 Å². The third kappa shape index (κ3) is 2.85. The van der Waals surface area contributed by atoms with Crippen molar-refractivity contribution in [3.8, 4) is 11.1 Å². The van der Waals surface area contributed by atoms with Gasteiger partial charge in [0.2, 0.25) is 0 Å². The number of nitrogens with zero attached hydrogens (tertiary/aromatic N) is 3. The second-order valence-corrected chi connectivity index (χ2v) is 6.35. The second-order valence-electron chi connectivity index (χ2n) is 6.35. The van der Waals surface area contributed by atoms with Crippen LogP contribution in [0.4, 0.5) is 5.82 Å². The van der Waals surface area contributed by atoms with Gasteiger partial charge in [-0.3, -0.25) is 4.98 Å². The summed E-state index contributed by atoms with van der Waals surface area (Å²) in [6, 6.07) is 12.9. The molecule has 1 aliphatic rings. The van der Waals surface area contributed by atoms with Crippen LogP contribution in [0.15, 0.2) is 42.6 Å². The molecule has 3 aromatic rings. The molecular weight excluding hydrogens is 298 g/mol. The third-order valence-electron chi connectivity index (χ3n) is 4.57. The van der Waals surface area contributed by atoms with Gasteiger partial charge in [0.05, 0.1) is 30.4 Å². The molecule has 0 N–H and O–H groups in total. The molecule has 0 aliphatic carbocycles. The maximum atomic E-state index is 5.42. The van der Waals surface area contributed by atoms with E-state index in [1.165, 1.54) is 22.3 Å². The van der Waals surface area contributed by atoms with E-state index in [0.717, 1.165) is 43.2 Å². The van der Waals surface area contributed by atoms with E-state index in [0.29, 0.717) is 0 Å². The molecule has 4 rings (SSSR count). The van der Waals surface area contributed by atoms with Gasteiger partial charge in [-0.15, -0.1) is 0 Å². The first-order chi connectivity index (χ1) is 11.7. The Labute approximate surface area is 142 Å². The Morgan fingerprint density at radius 2 is 1.79 bits per heavy atom. The van der Waals surface area contributed by atoms with Gasteiger partial charge in [0.25, 0.3) is 0 Å². The quantitative estimate of drug-likeness (QED) is 0.721. The summed E-state index contributed by atoms with van der Waals surface area (Å²) in [7, 11) is 0. The Balaban J connectivity index is 1.77. The number of rotatable bonds is 2. The average molecular weight is 319 g/mol. The maximum absolute atomic E-state index is 5.42. The van der Waals surface area contributed by atoms with Gasteiger partial charge in [-0.2, -0.15) is 0 Å². The second kappa shape index (κ2) is 6.21. The molecule has 2 heterocycles. The normalized spacial score (nSPS) is 15.0. The van der Waals surface area contributed by atoms with Gasteiger partial charge in [-0.25, -0.2) is 4.98 Å². The molecule has 4 nitrogen and oxygen atoms in total. The van der Waals surface area contributed by atoms with E-state index in [1.807, 2.05) is 6.20 Å². The highest BCUT2D eigenvalue weighted by atomic mass is 16.5. The van der Waals surface area contributed by atoms with Crippen LogP contribution in [0.3, 0.4) is 0 Å². The number of hydrogen-bond acceptors (Lipinski definition) is 4. The fourth-order valence-corrected chi connectivity index (χ4v) is 3.16. The monoisotopic (exact) mass is 319 g/mol. The number of aromatic nitrogens is 2. The first-order valence-electron chi connectivity index (χ1n) is 8.38. The Bertz CT molecular complexity index is 885. The molecule has 24 heavy (non-hydrogen) atoms. The molecule has 0 spiro atoms. The summed E-state index contributed by atoms with van der Waals surface area (Å²) in [5.41, 5.74) is 6.87. The number of benzene rings is 2. The average Bonchev–Trinajstić information content (AvgIpc) is 2.63. The van der Waals surface area contributed by atoms with Crippen LogP contribution < -0.4 is 4.90 Å². The van der Waals surface area contributed by atoms with Crippen molar-refractivity contribution in [3.63, 3.8) is 0 Å². The van der Waals surface area contributed by atoms with E-state index in [1.54, 1.807) is 0 Å². The molecule has 2 aromatic carbocycles. The van der Waals surface area contributed by atoms with Gasteiger partial charge in [-0.1, -0.05) is 29.8 Å². The molecule has 1 aromatic heterocycles. The number of anilines is 1. The molecule has 0 unspecified atom stereocenters. The van der Waals surface area contributed by atoms with Crippen LogP contribution >= 0.6 is 0 Å². The Morgan fingerprint density at radius 3 is 2.62 bits per heavy atom. The fraction of sp³-hybridized carbons (Fsp3) is 0.300. The summed E-state index contributed by atoms with van der Waals surface area (Å²) >= 11 is 0. The van der Waals surface area contributed by atoms with Crippen LogP contribution in [0.5, 0.6) is 0 Å². The summed E-state index contributed by atoms with van der Waals surface area (Å²) < 4.78 is 5.42. The number of hydrogen-bond donors (Lipinski definition) is 0. The lowest BCUT2D eigenvalue weighted by atomic mass is 9.98. The van der Waals surface area contributed by atoms with E-state index in [-0.39, 0.29) is 0 Å². The summed E-state index contributed by atoms with van der Waals surface area (Å²) in [5.74, 6) is 0.934. The van der Waals surface area contributed by atoms with E-state index in [2.05, 4.69) is 60.1 Å². The number of morpholine rings is 1. The predicted molar refractivity (Wildman–Crippen MR) is 97.5 cm³/mol. The first-order valence-corrected chi connectivity index (χ1v) is 8.38. The van der Waals surface area contributed by atoms with Crippen LogP contribution in [-0.4, -0.2) is 36.3 Å². The fourth-order valence-electron chi connectivity index (χ4n) is 3.16. The predicted octanol–water partition coefficient (Wildman–Crippen LogP) is 3.75. The molecule has 1 saturated heterocycles. The lowest BCUT2D eigenvalue weighted by molar-refractivity contribution is 0.122. The zero-order chi connectivity index (χ0) is 16.5. The van der Waals surface area contributed by atoms with Gasteiger partial charge < -0.3 is 9.64 Å². The minimum atomic E-state index is 0.752. The minimum Gasteiger partial charge on any atom is -0.378 e. The molecule has 0 atom stereocenters. The first kappa shape index (κ1) is 15.1. The summed E-state index contributed by atoms with van der Waals surface area (Å²) in [4.78, 5) is 11.7. The van der Waals surface area contributed by atoms with Crippen LogP contribution in [0.25, 0.3) is 22.2 Å². The highest BCUT2D eigenvalue weighted by Gasteiger charge is 2.13. The molecule has 0 bridgehead atoms. The van der Waals surface area contributed by atoms with Gasteiger partial charge in [0, 0.05) is 13.1 Å². The van der Waals surface area contributed by atoms with Crippen LogP contribution in [-0.2, 0) is 4.74 Å². The lowest BCUT2D eigenvalue weighted by Gasteiger charge is -2.27. The minimum absolute atomic E-state index is 0.752. The molecule has 0 radical (unpaired) electrons. The summed E-state index contributed by atoms with van der Waals surface area (Å²) in [5, 5.41) is 0. The molecule has 0 amide bonds. The molecule has 1 aliphatic heterocycles. The Morgan fingerprint density at radius 1 is 0.958 bits per heavy atom. The van der Waals surface area contributed by atoms with Crippen molar-refractivity contribution in [1.82, 2.24) is 9.97 Å². The van der Waals surface area contributed by atoms with Crippen molar-refractivity contribution < 1.29 is 4.74 Å². The zero-order valence-electron chi connectivity index (χ0n) is 14.1. The van der Waals surface area contributed by atoms with Crippen molar-refractivity contribution >= 4 is 16.9 Å². The molecule has 122 valence electrons. The SMILES string of the molecule is Cc1ccc(C)c(-c2ccc3ncc(N4CCOCC4)nc3c2)c1. The largest absolute Gasteiger partial charge is 0.378 e. The summed E-state index contributed by atoms with van der Waals surface area (Å²) in [6.07, 6.45) is 1.87. The van der Waals surface area contributed by atoms with Gasteiger partial charge >= 0.3 is 0 Å². The van der Waals surface area contributed by atoms with Crippen LogP contribution in [0.2, 0.25) is 0 Å². The highest BCUT2D eigenvalue weighted by molar-refractivity contribution is 5.83. The third-order valence-corrected chi connectivity index (χ3v) is 4.57. The number of fused-ring (bicyclic) bond motifs is 1. The molecule has 0 saturated carbocycles. The smallest absolute Gasteiger partial charge is 0.148 e. The van der Waals surface area contributed by atoms with Gasteiger partial charge in [0.1, 0.15) is 5.82 Å². The van der Waals surface area contributed by atoms with E-state index in [4.69, 9.17) is 9.72 Å². The topological polar surface area (TPSA) is 38.2 Å². The van der Waals surface area contributed by atoms with Crippen molar-refractivity contribution in [1.29, 1.82) is 0 Å². The molecule has 1 fully saturated rings. The van der Waals surface area contributed by atoms with Crippen LogP contribution in [0.1, 0.15) is 11.1 Å². The van der Waals surface area contributed by atoms with Gasteiger partial charge in [-0.05, 0) is 42.7 Å². The van der Waals surface area contributed by atoms with E-state index in [9.17, 15) is 0 Å². The van der Waals surface area contributed by atoms with E-state index >= 15 is 0 Å². The van der Waals surface area contributed by atoms with Gasteiger partial charge in [0.15, 0.2) is 0 Å². The highest BCUT2D eigenvalue weighted by Crippen LogP contribution is 2.27. The maximum Gasteiger partial charge on any atom is 0.148 e. The molecule has 4 heteroatoms. The summed E-state index contributed by atoms with van der Waals surface area (Å²) in [6.45, 7) is 7.52.